The minimum atomic E-state index is -0.766. The Kier molecular flexibility index (Phi) is 9.51. The fourth-order valence-electron chi connectivity index (χ4n) is 4.57. The van der Waals surface area contributed by atoms with Gasteiger partial charge in [0.25, 0.3) is 5.91 Å². The number of hydrogen-bond donors (Lipinski definition) is 1. The molecule has 3 aromatic rings. The van der Waals surface area contributed by atoms with E-state index in [4.69, 9.17) is 14.5 Å². The second-order valence-electron chi connectivity index (χ2n) is 12.7. The maximum atomic E-state index is 13.2. The number of nitrogens with one attached hydrogen (secondary N) is 1. The summed E-state index contributed by atoms with van der Waals surface area (Å²) in [5.74, 6) is -1.41. The lowest BCUT2D eigenvalue weighted by Crippen LogP contribution is -2.42. The zero-order chi connectivity index (χ0) is 31.7. The average Bonchev–Trinajstić information content (AvgIpc) is 3.46. The molecule has 0 fully saturated rings. The fourth-order valence-corrected chi connectivity index (χ4v) is 6.94. The molecule has 1 aliphatic heterocycles. The molecule has 1 N–H and O–H groups in total. The van der Waals surface area contributed by atoms with Gasteiger partial charge in [-0.2, -0.15) is 0 Å². The molecule has 0 saturated heterocycles. The summed E-state index contributed by atoms with van der Waals surface area (Å²) in [6.45, 7) is 15.3. The van der Waals surface area contributed by atoms with Crippen molar-refractivity contribution in [3.63, 3.8) is 0 Å². The van der Waals surface area contributed by atoms with Crippen molar-refractivity contribution in [2.75, 3.05) is 18.4 Å². The number of aromatic nitrogens is 1. The summed E-state index contributed by atoms with van der Waals surface area (Å²) in [5, 5.41) is 4.09. The largest absolute Gasteiger partial charge is 0.444 e. The molecule has 0 bridgehead atoms. The summed E-state index contributed by atoms with van der Waals surface area (Å²) in [4.78, 5) is 60.5. The number of rotatable bonds is 7. The van der Waals surface area contributed by atoms with Gasteiger partial charge in [-0.15, -0.1) is 22.7 Å². The first-order valence-electron chi connectivity index (χ1n) is 14.3. The third-order valence-electron chi connectivity index (χ3n) is 6.53. The summed E-state index contributed by atoms with van der Waals surface area (Å²) >= 11 is 2.85. The Labute approximate surface area is 260 Å². The predicted octanol–water partition coefficient (Wildman–Crippen LogP) is 6.86. The third-order valence-corrected chi connectivity index (χ3v) is 8.71. The number of amides is 3. The molecule has 1 aliphatic rings. The highest BCUT2D eigenvalue weighted by Crippen LogP contribution is 2.45. The molecule has 10 nitrogen and oxygen atoms in total. The minimum absolute atomic E-state index is 0.0509. The summed E-state index contributed by atoms with van der Waals surface area (Å²) in [7, 11) is 0. The Morgan fingerprint density at radius 2 is 1.70 bits per heavy atom. The minimum Gasteiger partial charge on any atom is -0.444 e. The summed E-state index contributed by atoms with van der Waals surface area (Å²) < 4.78 is 12.1. The number of nitrogens with zero attached hydrogens (tertiary/aromatic N) is 3. The molecule has 4 rings (SSSR count). The maximum Gasteiger partial charge on any atom is 0.410 e. The van der Waals surface area contributed by atoms with E-state index >= 15 is 0 Å². The lowest BCUT2D eigenvalue weighted by atomic mass is 10.0. The number of carbonyl (C=O) groups is 4. The van der Waals surface area contributed by atoms with Crippen LogP contribution in [0.5, 0.6) is 0 Å². The first kappa shape index (κ1) is 32.4. The standard InChI is InChI=1S/C31H40N4O6S2/c1-18(2)35(29(39)41-31(6,7)8)16-14-21(36)25(37)33-27-24(26-32-20-11-9-10-12-22(20)42-26)19-13-15-34(17-23(19)43-27)28(38)40-30(3,4)5/h9-12,18H,13-17H2,1-8H3,(H,33,37). The monoisotopic (exact) mass is 628 g/mol. The molecule has 3 amide bonds. The molecule has 12 heteroatoms. The van der Waals surface area contributed by atoms with Crippen LogP contribution in [0.15, 0.2) is 24.3 Å². The number of ketones is 1. The highest BCUT2D eigenvalue weighted by molar-refractivity contribution is 7.23. The van der Waals surface area contributed by atoms with Gasteiger partial charge in [-0.25, -0.2) is 14.6 Å². The number of ether oxygens (including phenoxy) is 2. The number of benzene rings is 1. The van der Waals surface area contributed by atoms with Crippen molar-refractivity contribution in [2.45, 2.75) is 92.0 Å². The van der Waals surface area contributed by atoms with E-state index in [1.165, 1.54) is 27.6 Å². The van der Waals surface area contributed by atoms with E-state index < -0.39 is 35.1 Å². The number of anilines is 1. The van der Waals surface area contributed by atoms with Crippen LogP contribution in [0.2, 0.25) is 0 Å². The van der Waals surface area contributed by atoms with Crippen molar-refractivity contribution in [3.8, 4) is 10.6 Å². The Morgan fingerprint density at radius 3 is 2.33 bits per heavy atom. The SMILES string of the molecule is CC(C)N(CCC(=O)C(=O)Nc1sc2c(c1-c1nc3ccccc3s1)CCN(C(=O)OC(C)(C)C)C2)C(=O)OC(C)(C)C. The number of hydrogen-bond acceptors (Lipinski definition) is 9. The number of thiophene rings is 1. The van der Waals surface area contributed by atoms with Crippen LogP contribution in [0, 0.1) is 0 Å². The third kappa shape index (κ3) is 8.11. The van der Waals surface area contributed by atoms with Crippen LogP contribution in [0.4, 0.5) is 14.6 Å². The summed E-state index contributed by atoms with van der Waals surface area (Å²) in [6, 6.07) is 7.59. The molecule has 0 atom stereocenters. The lowest BCUT2D eigenvalue weighted by molar-refractivity contribution is -0.135. The predicted molar refractivity (Wildman–Crippen MR) is 170 cm³/mol. The second kappa shape index (κ2) is 12.6. The summed E-state index contributed by atoms with van der Waals surface area (Å²) in [6.07, 6.45) is -0.528. The molecule has 2 aromatic heterocycles. The van der Waals surface area contributed by atoms with Crippen molar-refractivity contribution in [1.82, 2.24) is 14.8 Å². The first-order valence-corrected chi connectivity index (χ1v) is 16.0. The smallest absolute Gasteiger partial charge is 0.410 e. The molecule has 0 saturated carbocycles. The van der Waals surface area contributed by atoms with Crippen molar-refractivity contribution < 1.29 is 28.7 Å². The van der Waals surface area contributed by atoms with Crippen LogP contribution >= 0.6 is 22.7 Å². The molecular weight excluding hydrogens is 588 g/mol. The molecular formula is C31H40N4O6S2. The quantitative estimate of drug-likeness (QED) is 0.284. The van der Waals surface area contributed by atoms with Crippen molar-refractivity contribution in [3.05, 3.63) is 34.7 Å². The average molecular weight is 629 g/mol. The van der Waals surface area contributed by atoms with E-state index in [1.54, 1.807) is 25.7 Å². The molecule has 0 spiro atoms. The Balaban J connectivity index is 1.57. The number of Topliss-reactive ketones (excluding diaryl/α,β-unsaturated/α-hetero) is 1. The van der Waals surface area contributed by atoms with Gasteiger partial charge >= 0.3 is 12.2 Å². The number of carbonyl (C=O) groups excluding carboxylic acids is 4. The van der Waals surface area contributed by atoms with E-state index in [0.29, 0.717) is 24.5 Å². The zero-order valence-corrected chi connectivity index (χ0v) is 27.7. The Hall–Kier alpha value is -3.51. The normalized spacial score (nSPS) is 13.6. The molecule has 3 heterocycles. The summed E-state index contributed by atoms with van der Waals surface area (Å²) in [5.41, 5.74) is 1.33. The van der Waals surface area contributed by atoms with E-state index in [-0.39, 0.29) is 19.0 Å². The van der Waals surface area contributed by atoms with Gasteiger partial charge in [0.2, 0.25) is 5.78 Å². The Morgan fingerprint density at radius 1 is 1.02 bits per heavy atom. The van der Waals surface area contributed by atoms with E-state index in [1.807, 2.05) is 58.9 Å². The van der Waals surface area contributed by atoms with Crippen LogP contribution in [0.1, 0.15) is 72.3 Å². The van der Waals surface area contributed by atoms with Crippen molar-refractivity contribution in [2.24, 2.45) is 0 Å². The molecule has 232 valence electrons. The van der Waals surface area contributed by atoms with Crippen LogP contribution in [0.3, 0.4) is 0 Å². The molecule has 0 unspecified atom stereocenters. The van der Waals surface area contributed by atoms with Gasteiger partial charge in [0.15, 0.2) is 0 Å². The topological polar surface area (TPSA) is 118 Å². The molecule has 0 aliphatic carbocycles. The lowest BCUT2D eigenvalue weighted by Gasteiger charge is -2.30. The van der Waals surface area contributed by atoms with Gasteiger partial charge in [0.05, 0.1) is 16.8 Å². The van der Waals surface area contributed by atoms with Crippen LogP contribution < -0.4 is 5.32 Å². The molecule has 0 radical (unpaired) electrons. The second-order valence-corrected chi connectivity index (χ2v) is 14.9. The highest BCUT2D eigenvalue weighted by atomic mass is 32.1. The molecule has 43 heavy (non-hydrogen) atoms. The van der Waals surface area contributed by atoms with Crippen LogP contribution in [-0.4, -0.2) is 69.0 Å². The maximum absolute atomic E-state index is 13.2. The number of thiazole rings is 1. The number of para-hydroxylation sites is 1. The Bertz CT molecular complexity index is 1500. The van der Waals surface area contributed by atoms with Gasteiger partial charge in [0, 0.05) is 36.0 Å². The van der Waals surface area contributed by atoms with Gasteiger partial charge in [-0.1, -0.05) is 12.1 Å². The van der Waals surface area contributed by atoms with Crippen molar-refractivity contribution in [1.29, 1.82) is 0 Å². The fraction of sp³-hybridized carbons (Fsp3) is 0.516. The van der Waals surface area contributed by atoms with Crippen molar-refractivity contribution >= 4 is 61.8 Å². The first-order chi connectivity index (χ1) is 20.0. The van der Waals surface area contributed by atoms with E-state index in [2.05, 4.69) is 5.32 Å². The van der Waals surface area contributed by atoms with E-state index in [9.17, 15) is 19.2 Å². The van der Waals surface area contributed by atoms with Gasteiger partial charge in [0.1, 0.15) is 21.2 Å². The van der Waals surface area contributed by atoms with Gasteiger partial charge < -0.3 is 24.6 Å². The molecule has 1 aromatic carbocycles. The van der Waals surface area contributed by atoms with E-state index in [0.717, 1.165) is 31.2 Å². The van der Waals surface area contributed by atoms with Gasteiger partial charge in [-0.3, -0.25) is 9.59 Å². The highest BCUT2D eigenvalue weighted by Gasteiger charge is 2.32. The van der Waals surface area contributed by atoms with Gasteiger partial charge in [-0.05, 0) is 79.5 Å². The van der Waals surface area contributed by atoms with Crippen LogP contribution in [0.25, 0.3) is 20.8 Å². The number of fused-ring (bicyclic) bond motifs is 2. The zero-order valence-electron chi connectivity index (χ0n) is 26.0. The van der Waals surface area contributed by atoms with Crippen LogP contribution in [-0.2, 0) is 32.0 Å².